The van der Waals surface area contributed by atoms with Gasteiger partial charge in [-0.15, -0.1) is 0 Å². The Bertz CT molecular complexity index is 506. The highest BCUT2D eigenvalue weighted by atomic mass is 16.3. The van der Waals surface area contributed by atoms with E-state index in [4.69, 9.17) is 0 Å². The van der Waals surface area contributed by atoms with Crippen molar-refractivity contribution < 1.29 is 5.11 Å². The van der Waals surface area contributed by atoms with Crippen molar-refractivity contribution in [2.75, 3.05) is 0 Å². The van der Waals surface area contributed by atoms with Crippen molar-refractivity contribution >= 4 is 0 Å². The second-order valence-corrected chi connectivity index (χ2v) is 7.38. The quantitative estimate of drug-likeness (QED) is 0.717. The summed E-state index contributed by atoms with van der Waals surface area (Å²) in [6.45, 7) is 2.55. The Labute approximate surface area is 116 Å². The van der Waals surface area contributed by atoms with E-state index in [-0.39, 0.29) is 0 Å². The Morgan fingerprint density at radius 1 is 1.16 bits per heavy atom. The fourth-order valence-electron chi connectivity index (χ4n) is 5.56. The van der Waals surface area contributed by atoms with E-state index in [9.17, 15) is 5.11 Å². The Balaban J connectivity index is 1.72. The molecular formula is C18H24O. The lowest BCUT2D eigenvalue weighted by molar-refractivity contribution is 0.0598. The molecule has 1 nitrogen and oxygen atoms in total. The number of phenols is 1. The molecule has 0 unspecified atom stereocenters. The SMILES string of the molecule is C[C@]12CCC[C@@H]1[C@@H]1CCc3cc(O)ccc3[C@H]1CC2. The van der Waals surface area contributed by atoms with Gasteiger partial charge in [-0.3, -0.25) is 0 Å². The maximum absolute atomic E-state index is 9.68. The zero-order valence-electron chi connectivity index (χ0n) is 11.9. The molecule has 4 rings (SSSR count). The number of fused-ring (bicyclic) bond motifs is 5. The van der Waals surface area contributed by atoms with E-state index in [0.717, 1.165) is 17.8 Å². The lowest BCUT2D eigenvalue weighted by Gasteiger charge is -2.49. The standard InChI is InChI=1S/C18H24O/c1-18-9-2-3-17(18)16-6-4-12-11-13(19)5-7-14(12)15(16)8-10-18/h5,7,11,15-17,19H,2-4,6,8-10H2,1H3/t15-,16-,17-,18-/m1/s1. The van der Waals surface area contributed by atoms with E-state index < -0.39 is 0 Å². The van der Waals surface area contributed by atoms with E-state index in [2.05, 4.69) is 13.0 Å². The fourth-order valence-corrected chi connectivity index (χ4v) is 5.56. The van der Waals surface area contributed by atoms with E-state index in [1.165, 1.54) is 50.5 Å². The molecule has 2 fully saturated rings. The summed E-state index contributed by atoms with van der Waals surface area (Å²) in [5.74, 6) is 3.10. The van der Waals surface area contributed by atoms with Crippen LogP contribution in [0.1, 0.15) is 62.5 Å². The summed E-state index contributed by atoms with van der Waals surface area (Å²) in [5, 5.41) is 9.68. The largest absolute Gasteiger partial charge is 0.508 e. The summed E-state index contributed by atoms with van der Waals surface area (Å²) in [7, 11) is 0. The van der Waals surface area contributed by atoms with Crippen LogP contribution < -0.4 is 0 Å². The molecule has 1 N–H and O–H groups in total. The van der Waals surface area contributed by atoms with Gasteiger partial charge in [0.25, 0.3) is 0 Å². The van der Waals surface area contributed by atoms with Gasteiger partial charge in [-0.05, 0) is 85.0 Å². The van der Waals surface area contributed by atoms with Crippen LogP contribution in [0.25, 0.3) is 0 Å². The maximum atomic E-state index is 9.68. The van der Waals surface area contributed by atoms with Gasteiger partial charge in [0.2, 0.25) is 0 Å². The summed E-state index contributed by atoms with van der Waals surface area (Å²) >= 11 is 0. The van der Waals surface area contributed by atoms with Gasteiger partial charge >= 0.3 is 0 Å². The molecule has 0 amide bonds. The molecule has 3 aliphatic rings. The van der Waals surface area contributed by atoms with E-state index in [0.29, 0.717) is 11.2 Å². The van der Waals surface area contributed by atoms with Gasteiger partial charge in [0.1, 0.15) is 5.75 Å². The lowest BCUT2D eigenvalue weighted by Crippen LogP contribution is -2.39. The minimum absolute atomic E-state index is 0.443. The molecule has 19 heavy (non-hydrogen) atoms. The molecule has 0 aromatic heterocycles. The van der Waals surface area contributed by atoms with Crippen LogP contribution in [0.15, 0.2) is 18.2 Å². The summed E-state index contributed by atoms with van der Waals surface area (Å²) < 4.78 is 0. The molecule has 1 aromatic rings. The van der Waals surface area contributed by atoms with Crippen molar-refractivity contribution in [3.05, 3.63) is 29.3 Å². The first-order valence-corrected chi connectivity index (χ1v) is 7.99. The molecular weight excluding hydrogens is 232 g/mol. The number of hydrogen-bond acceptors (Lipinski definition) is 1. The number of aryl methyl sites for hydroxylation is 1. The number of benzene rings is 1. The number of rotatable bonds is 0. The summed E-state index contributed by atoms with van der Waals surface area (Å²) in [5.41, 5.74) is 3.63. The van der Waals surface area contributed by atoms with Crippen molar-refractivity contribution in [2.45, 2.75) is 57.8 Å². The molecule has 0 bridgehead atoms. The molecule has 3 aliphatic carbocycles. The van der Waals surface area contributed by atoms with E-state index >= 15 is 0 Å². The van der Waals surface area contributed by atoms with Crippen LogP contribution in [0.2, 0.25) is 0 Å². The normalized spacial score (nSPS) is 40.4. The van der Waals surface area contributed by atoms with Gasteiger partial charge in [-0.25, -0.2) is 0 Å². The predicted octanol–water partition coefficient (Wildman–Crippen LogP) is 4.64. The van der Waals surface area contributed by atoms with Crippen molar-refractivity contribution in [3.8, 4) is 5.75 Å². The highest BCUT2D eigenvalue weighted by Crippen LogP contribution is 2.60. The van der Waals surface area contributed by atoms with Crippen LogP contribution >= 0.6 is 0 Å². The molecule has 0 radical (unpaired) electrons. The predicted molar refractivity (Wildman–Crippen MR) is 77.3 cm³/mol. The first-order valence-electron chi connectivity index (χ1n) is 7.99. The number of hydrogen-bond donors (Lipinski definition) is 1. The van der Waals surface area contributed by atoms with E-state index in [1.54, 1.807) is 5.56 Å². The molecule has 0 heterocycles. The Kier molecular flexibility index (Phi) is 2.49. The monoisotopic (exact) mass is 256 g/mol. The molecule has 1 aromatic carbocycles. The molecule has 4 atom stereocenters. The van der Waals surface area contributed by atoms with Gasteiger partial charge in [0.15, 0.2) is 0 Å². The second-order valence-electron chi connectivity index (χ2n) is 7.38. The van der Waals surface area contributed by atoms with Crippen LogP contribution in [0.3, 0.4) is 0 Å². The third-order valence-corrected chi connectivity index (χ3v) is 6.49. The topological polar surface area (TPSA) is 20.2 Å². The summed E-state index contributed by atoms with van der Waals surface area (Å²) in [6, 6.07) is 6.11. The Morgan fingerprint density at radius 2 is 2.05 bits per heavy atom. The van der Waals surface area contributed by atoms with Crippen LogP contribution in [0, 0.1) is 17.3 Å². The highest BCUT2D eigenvalue weighted by molar-refractivity contribution is 5.40. The highest BCUT2D eigenvalue weighted by Gasteiger charge is 2.50. The Morgan fingerprint density at radius 3 is 2.95 bits per heavy atom. The van der Waals surface area contributed by atoms with Crippen LogP contribution in [-0.4, -0.2) is 5.11 Å². The molecule has 102 valence electrons. The van der Waals surface area contributed by atoms with Gasteiger partial charge in [0.05, 0.1) is 0 Å². The summed E-state index contributed by atoms with van der Waals surface area (Å²) in [6.07, 6.45) is 9.69. The Hall–Kier alpha value is -0.980. The fraction of sp³-hybridized carbons (Fsp3) is 0.667. The van der Waals surface area contributed by atoms with Crippen LogP contribution in [-0.2, 0) is 6.42 Å². The van der Waals surface area contributed by atoms with Crippen molar-refractivity contribution in [3.63, 3.8) is 0 Å². The molecule has 2 saturated carbocycles. The number of aromatic hydroxyl groups is 1. The molecule has 0 spiro atoms. The zero-order chi connectivity index (χ0) is 13.0. The van der Waals surface area contributed by atoms with Crippen LogP contribution in [0.5, 0.6) is 5.75 Å². The van der Waals surface area contributed by atoms with Gasteiger partial charge in [-0.1, -0.05) is 19.4 Å². The minimum atomic E-state index is 0.443. The number of phenolic OH excluding ortho intramolecular Hbond substituents is 1. The maximum Gasteiger partial charge on any atom is 0.115 e. The van der Waals surface area contributed by atoms with Gasteiger partial charge in [-0.2, -0.15) is 0 Å². The first-order chi connectivity index (χ1) is 9.17. The van der Waals surface area contributed by atoms with Gasteiger partial charge < -0.3 is 5.11 Å². The first kappa shape index (κ1) is 11.8. The average Bonchev–Trinajstić information content (AvgIpc) is 2.79. The van der Waals surface area contributed by atoms with E-state index in [1.807, 2.05) is 12.1 Å². The minimum Gasteiger partial charge on any atom is -0.508 e. The molecule has 1 heteroatoms. The zero-order valence-corrected chi connectivity index (χ0v) is 11.9. The smallest absolute Gasteiger partial charge is 0.115 e. The van der Waals surface area contributed by atoms with Crippen molar-refractivity contribution in [2.24, 2.45) is 17.3 Å². The average molecular weight is 256 g/mol. The third-order valence-electron chi connectivity index (χ3n) is 6.49. The summed E-state index contributed by atoms with van der Waals surface area (Å²) in [4.78, 5) is 0. The van der Waals surface area contributed by atoms with Gasteiger partial charge in [0, 0.05) is 0 Å². The van der Waals surface area contributed by atoms with Crippen molar-refractivity contribution in [1.29, 1.82) is 0 Å². The second kappa shape index (κ2) is 4.01. The van der Waals surface area contributed by atoms with Crippen molar-refractivity contribution in [1.82, 2.24) is 0 Å². The molecule has 0 saturated heterocycles. The lowest BCUT2D eigenvalue weighted by atomic mass is 9.56. The third kappa shape index (κ3) is 1.67. The van der Waals surface area contributed by atoms with Crippen LogP contribution in [0.4, 0.5) is 0 Å². The molecule has 0 aliphatic heterocycles.